The summed E-state index contributed by atoms with van der Waals surface area (Å²) in [5.74, 6) is 0. The first kappa shape index (κ1) is 11.0. The molecule has 4 heteroatoms. The molecule has 0 radical (unpaired) electrons. The van der Waals surface area contributed by atoms with E-state index >= 15 is 0 Å². The minimum atomic E-state index is -3.11. The third-order valence-electron chi connectivity index (χ3n) is 2.87. The van der Waals surface area contributed by atoms with Gasteiger partial charge in [-0.2, -0.15) is 0 Å². The van der Waals surface area contributed by atoms with Gasteiger partial charge < -0.3 is 9.05 Å². The number of benzene rings is 2. The van der Waals surface area contributed by atoms with Gasteiger partial charge in [-0.15, -0.1) is 0 Å². The Morgan fingerprint density at radius 1 is 0.941 bits per heavy atom. The van der Waals surface area contributed by atoms with Gasteiger partial charge in [-0.25, -0.2) is 0 Å². The Labute approximate surface area is 99.9 Å². The van der Waals surface area contributed by atoms with E-state index in [1.807, 2.05) is 42.5 Å². The molecule has 1 saturated heterocycles. The molecule has 0 N–H and O–H groups in total. The van der Waals surface area contributed by atoms with Crippen molar-refractivity contribution in [2.75, 3.05) is 13.2 Å². The zero-order chi connectivity index (χ0) is 11.7. The zero-order valence-corrected chi connectivity index (χ0v) is 10.2. The van der Waals surface area contributed by atoms with Gasteiger partial charge in [-0.1, -0.05) is 36.4 Å². The lowest BCUT2D eigenvalue weighted by atomic mass is 10.1. The third-order valence-corrected chi connectivity index (χ3v) is 4.90. The molecule has 1 heterocycles. The van der Waals surface area contributed by atoms with Crippen LogP contribution in [0.3, 0.4) is 0 Å². The van der Waals surface area contributed by atoms with Crippen molar-refractivity contribution < 1.29 is 13.6 Å². The summed E-state index contributed by atoms with van der Waals surface area (Å²) in [4.78, 5) is 0. The van der Waals surface area contributed by atoms with Gasteiger partial charge in [0.05, 0.1) is 18.5 Å². The Balaban J connectivity index is 2.20. The Morgan fingerprint density at radius 2 is 1.65 bits per heavy atom. The first-order chi connectivity index (χ1) is 8.30. The minimum Gasteiger partial charge on any atom is -0.305 e. The van der Waals surface area contributed by atoms with E-state index in [0.717, 1.165) is 17.2 Å². The molecule has 88 valence electrons. The molecule has 1 fully saturated rings. The highest BCUT2D eigenvalue weighted by Gasteiger charge is 2.31. The van der Waals surface area contributed by atoms with Crippen LogP contribution in [0.15, 0.2) is 42.5 Å². The van der Waals surface area contributed by atoms with Crippen LogP contribution < -0.4 is 5.30 Å². The van der Waals surface area contributed by atoms with Crippen LogP contribution in [0.5, 0.6) is 0 Å². The summed E-state index contributed by atoms with van der Waals surface area (Å²) < 4.78 is 23.4. The van der Waals surface area contributed by atoms with Gasteiger partial charge in [0.25, 0.3) is 0 Å². The van der Waals surface area contributed by atoms with Crippen molar-refractivity contribution in [1.82, 2.24) is 0 Å². The van der Waals surface area contributed by atoms with Crippen LogP contribution >= 0.6 is 7.60 Å². The first-order valence-electron chi connectivity index (χ1n) is 5.67. The lowest BCUT2D eigenvalue weighted by Crippen LogP contribution is -2.17. The first-order valence-corrected chi connectivity index (χ1v) is 7.21. The molecule has 2 aromatic rings. The van der Waals surface area contributed by atoms with Gasteiger partial charge in [0.1, 0.15) is 0 Å². The zero-order valence-electron chi connectivity index (χ0n) is 9.33. The van der Waals surface area contributed by atoms with Gasteiger partial charge in [0.15, 0.2) is 0 Å². The minimum absolute atomic E-state index is 0.500. The van der Waals surface area contributed by atoms with Crippen LogP contribution in [0.4, 0.5) is 0 Å². The normalized spacial score (nSPS) is 19.3. The lowest BCUT2D eigenvalue weighted by Gasteiger charge is -2.24. The summed E-state index contributed by atoms with van der Waals surface area (Å²) in [7, 11) is -3.11. The Morgan fingerprint density at radius 3 is 2.47 bits per heavy atom. The second kappa shape index (κ2) is 4.26. The fraction of sp³-hybridized carbons (Fsp3) is 0.231. The van der Waals surface area contributed by atoms with Gasteiger partial charge in [0, 0.05) is 0 Å². The lowest BCUT2D eigenvalue weighted by molar-refractivity contribution is 0.154. The van der Waals surface area contributed by atoms with Gasteiger partial charge in [-0.3, -0.25) is 4.57 Å². The topological polar surface area (TPSA) is 35.5 Å². The van der Waals surface area contributed by atoms with Crippen molar-refractivity contribution in [3.63, 3.8) is 0 Å². The van der Waals surface area contributed by atoms with Crippen molar-refractivity contribution >= 4 is 23.7 Å². The summed E-state index contributed by atoms with van der Waals surface area (Å²) >= 11 is 0. The van der Waals surface area contributed by atoms with E-state index in [9.17, 15) is 4.57 Å². The van der Waals surface area contributed by atoms with Crippen LogP contribution in [0.25, 0.3) is 10.8 Å². The van der Waals surface area contributed by atoms with Crippen LogP contribution in [-0.4, -0.2) is 13.2 Å². The van der Waals surface area contributed by atoms with Crippen molar-refractivity contribution in [1.29, 1.82) is 0 Å². The molecule has 0 spiro atoms. The average Bonchev–Trinajstić information content (AvgIpc) is 2.39. The van der Waals surface area contributed by atoms with Crippen molar-refractivity contribution in [3.05, 3.63) is 42.5 Å². The Hall–Kier alpha value is -1.15. The number of rotatable bonds is 1. The molecular formula is C13H13O3P. The number of fused-ring (bicyclic) bond motifs is 1. The van der Waals surface area contributed by atoms with Crippen LogP contribution in [0.1, 0.15) is 6.42 Å². The van der Waals surface area contributed by atoms with Crippen molar-refractivity contribution in [2.45, 2.75) is 6.42 Å². The molecule has 0 unspecified atom stereocenters. The summed E-state index contributed by atoms with van der Waals surface area (Å²) in [6.07, 6.45) is 0.800. The second-order valence-corrected chi connectivity index (χ2v) is 6.01. The van der Waals surface area contributed by atoms with Gasteiger partial charge in [-0.05, 0) is 23.3 Å². The van der Waals surface area contributed by atoms with E-state index in [0.29, 0.717) is 18.5 Å². The molecular weight excluding hydrogens is 235 g/mol. The van der Waals surface area contributed by atoms with Crippen LogP contribution in [0, 0.1) is 0 Å². The predicted octanol–water partition coefficient (Wildman–Crippen LogP) is 3.10. The fourth-order valence-corrected chi connectivity index (χ4v) is 3.91. The molecule has 1 aliphatic heterocycles. The second-order valence-electron chi connectivity index (χ2n) is 4.02. The monoisotopic (exact) mass is 248 g/mol. The molecule has 0 aliphatic carbocycles. The molecule has 0 amide bonds. The Kier molecular flexibility index (Phi) is 2.75. The number of hydrogen-bond donors (Lipinski definition) is 0. The van der Waals surface area contributed by atoms with E-state index in [1.165, 1.54) is 0 Å². The SMILES string of the molecule is O=P1(c2cccc3ccccc23)OCCCO1. The largest absolute Gasteiger partial charge is 0.361 e. The predicted molar refractivity (Wildman–Crippen MR) is 67.7 cm³/mol. The highest BCUT2D eigenvalue weighted by Crippen LogP contribution is 2.50. The van der Waals surface area contributed by atoms with Crippen molar-refractivity contribution in [2.24, 2.45) is 0 Å². The van der Waals surface area contributed by atoms with E-state index in [4.69, 9.17) is 9.05 Å². The van der Waals surface area contributed by atoms with E-state index in [2.05, 4.69) is 0 Å². The maximum atomic E-state index is 12.6. The quantitative estimate of drug-likeness (QED) is 0.727. The summed E-state index contributed by atoms with van der Waals surface area (Å²) in [6, 6.07) is 13.6. The van der Waals surface area contributed by atoms with Crippen molar-refractivity contribution in [3.8, 4) is 0 Å². The molecule has 3 nitrogen and oxygen atoms in total. The van der Waals surface area contributed by atoms with Crippen LogP contribution in [0.2, 0.25) is 0 Å². The third kappa shape index (κ3) is 1.91. The fourth-order valence-electron chi connectivity index (χ4n) is 2.05. The number of hydrogen-bond acceptors (Lipinski definition) is 3. The van der Waals surface area contributed by atoms with E-state index in [1.54, 1.807) is 0 Å². The summed E-state index contributed by atoms with van der Waals surface area (Å²) in [5, 5.41) is 2.67. The molecule has 3 rings (SSSR count). The van der Waals surface area contributed by atoms with Gasteiger partial charge in [0.2, 0.25) is 0 Å². The maximum Gasteiger partial charge on any atom is 0.361 e. The van der Waals surface area contributed by atoms with E-state index in [-0.39, 0.29) is 0 Å². The van der Waals surface area contributed by atoms with Gasteiger partial charge >= 0.3 is 7.60 Å². The molecule has 0 aromatic heterocycles. The smallest absolute Gasteiger partial charge is 0.305 e. The standard InChI is InChI=1S/C13H13O3P/c14-17(15-9-4-10-16-17)13-8-3-6-11-5-1-2-7-12(11)13/h1-3,5-8H,4,9-10H2. The highest BCUT2D eigenvalue weighted by molar-refractivity contribution is 7.62. The Bertz CT molecular complexity index is 579. The highest BCUT2D eigenvalue weighted by atomic mass is 31.2. The molecule has 0 atom stereocenters. The summed E-state index contributed by atoms with van der Waals surface area (Å²) in [6.45, 7) is 1.00. The average molecular weight is 248 g/mol. The molecule has 17 heavy (non-hydrogen) atoms. The maximum absolute atomic E-state index is 12.6. The van der Waals surface area contributed by atoms with E-state index < -0.39 is 7.60 Å². The van der Waals surface area contributed by atoms with Crippen LogP contribution in [-0.2, 0) is 13.6 Å². The summed E-state index contributed by atoms with van der Waals surface area (Å²) in [5.41, 5.74) is 0. The molecule has 0 saturated carbocycles. The molecule has 1 aliphatic rings. The molecule has 2 aromatic carbocycles. The molecule has 0 bridgehead atoms.